The fourth-order valence-electron chi connectivity index (χ4n) is 2.36. The monoisotopic (exact) mass is 314 g/mol. The second-order valence-electron chi connectivity index (χ2n) is 5.32. The van der Waals surface area contributed by atoms with Gasteiger partial charge in [0.05, 0.1) is 22.0 Å². The molecular formula is C12H14N2O6S. The maximum atomic E-state index is 11.6. The number of nitrogens with one attached hydrogen (secondary N) is 1. The van der Waals surface area contributed by atoms with Gasteiger partial charge in [-0.25, -0.2) is 13.2 Å². The van der Waals surface area contributed by atoms with Crippen LogP contribution in [-0.4, -0.2) is 41.5 Å². The maximum Gasteiger partial charge on any atom is 0.335 e. The fraction of sp³-hybridized carbons (Fsp3) is 0.417. The zero-order valence-electron chi connectivity index (χ0n) is 11.2. The normalized spacial score (nSPS) is 23.7. The van der Waals surface area contributed by atoms with Crippen molar-refractivity contribution in [3.63, 3.8) is 0 Å². The Kier molecular flexibility index (Phi) is 3.62. The van der Waals surface area contributed by atoms with E-state index < -0.39 is 26.3 Å². The topological polar surface area (TPSA) is 127 Å². The zero-order valence-corrected chi connectivity index (χ0v) is 12.0. The van der Waals surface area contributed by atoms with Gasteiger partial charge in [-0.05, 0) is 25.5 Å². The van der Waals surface area contributed by atoms with Gasteiger partial charge in [0.2, 0.25) is 0 Å². The Hall–Kier alpha value is -2.16. The van der Waals surface area contributed by atoms with Gasteiger partial charge in [0.15, 0.2) is 9.84 Å². The van der Waals surface area contributed by atoms with E-state index in [-0.39, 0.29) is 28.4 Å². The number of hydrogen-bond acceptors (Lipinski definition) is 6. The molecule has 0 amide bonds. The fourth-order valence-corrected chi connectivity index (χ4v) is 4.46. The molecule has 1 aromatic rings. The zero-order chi connectivity index (χ0) is 15.8. The Morgan fingerprint density at radius 2 is 2.14 bits per heavy atom. The van der Waals surface area contributed by atoms with Gasteiger partial charge >= 0.3 is 5.97 Å². The molecule has 2 rings (SSSR count). The van der Waals surface area contributed by atoms with E-state index in [0.29, 0.717) is 6.42 Å². The molecule has 0 saturated carbocycles. The van der Waals surface area contributed by atoms with Crippen LogP contribution in [0.25, 0.3) is 0 Å². The minimum absolute atomic E-state index is 0.00290. The average molecular weight is 314 g/mol. The number of rotatable bonds is 4. The summed E-state index contributed by atoms with van der Waals surface area (Å²) in [4.78, 5) is 21.3. The number of nitrogens with zero attached hydrogens (tertiary/aromatic N) is 1. The van der Waals surface area contributed by atoms with E-state index in [2.05, 4.69) is 5.32 Å². The van der Waals surface area contributed by atoms with Crippen molar-refractivity contribution in [2.24, 2.45) is 0 Å². The van der Waals surface area contributed by atoms with Crippen LogP contribution in [0.4, 0.5) is 11.4 Å². The Morgan fingerprint density at radius 1 is 1.48 bits per heavy atom. The smallest absolute Gasteiger partial charge is 0.335 e. The van der Waals surface area contributed by atoms with E-state index in [0.717, 1.165) is 18.2 Å². The summed E-state index contributed by atoms with van der Waals surface area (Å²) in [6.45, 7) is 1.65. The van der Waals surface area contributed by atoms with Crippen molar-refractivity contribution in [2.75, 3.05) is 16.8 Å². The van der Waals surface area contributed by atoms with E-state index >= 15 is 0 Å². The number of sulfone groups is 1. The van der Waals surface area contributed by atoms with E-state index in [1.165, 1.54) is 0 Å². The molecule has 1 aliphatic rings. The molecule has 0 aromatic heterocycles. The van der Waals surface area contributed by atoms with Crippen LogP contribution in [0, 0.1) is 10.1 Å². The average Bonchev–Trinajstić information content (AvgIpc) is 2.62. The third kappa shape index (κ3) is 3.30. The quantitative estimate of drug-likeness (QED) is 0.633. The maximum absolute atomic E-state index is 11.6. The molecule has 114 valence electrons. The third-order valence-electron chi connectivity index (χ3n) is 3.38. The van der Waals surface area contributed by atoms with Gasteiger partial charge in [-0.1, -0.05) is 0 Å². The summed E-state index contributed by atoms with van der Waals surface area (Å²) >= 11 is 0. The summed E-state index contributed by atoms with van der Waals surface area (Å²) < 4.78 is 23.1. The predicted molar refractivity (Wildman–Crippen MR) is 75.4 cm³/mol. The van der Waals surface area contributed by atoms with Crippen LogP contribution in [0.5, 0.6) is 0 Å². The van der Waals surface area contributed by atoms with Crippen LogP contribution in [-0.2, 0) is 9.84 Å². The van der Waals surface area contributed by atoms with E-state index in [1.807, 2.05) is 0 Å². The van der Waals surface area contributed by atoms with Gasteiger partial charge < -0.3 is 10.4 Å². The highest BCUT2D eigenvalue weighted by atomic mass is 32.2. The highest BCUT2D eigenvalue weighted by molar-refractivity contribution is 7.91. The number of nitro groups is 1. The number of hydrogen-bond donors (Lipinski definition) is 2. The molecule has 0 radical (unpaired) electrons. The molecule has 0 spiro atoms. The van der Waals surface area contributed by atoms with E-state index in [9.17, 15) is 23.3 Å². The first kappa shape index (κ1) is 15.2. The summed E-state index contributed by atoms with van der Waals surface area (Å²) in [5.41, 5.74) is -1.22. The SMILES string of the molecule is CC1(Nc2cc(C(=O)O)ccc2[N+](=O)[O-])CCS(=O)(=O)C1. The second-order valence-corrected chi connectivity index (χ2v) is 7.51. The van der Waals surface area contributed by atoms with Crippen molar-refractivity contribution in [1.82, 2.24) is 0 Å². The lowest BCUT2D eigenvalue weighted by atomic mass is 10.0. The summed E-state index contributed by atoms with van der Waals surface area (Å²) in [6, 6.07) is 3.38. The van der Waals surface area contributed by atoms with Crippen molar-refractivity contribution in [1.29, 1.82) is 0 Å². The lowest BCUT2D eigenvalue weighted by Crippen LogP contribution is -2.36. The Bertz CT molecular complexity index is 714. The molecule has 1 fully saturated rings. The number of carbonyl (C=O) groups is 1. The van der Waals surface area contributed by atoms with Crippen LogP contribution in [0.3, 0.4) is 0 Å². The van der Waals surface area contributed by atoms with Gasteiger partial charge in [0, 0.05) is 11.6 Å². The predicted octanol–water partition coefficient (Wildman–Crippen LogP) is 1.28. The first-order valence-electron chi connectivity index (χ1n) is 6.12. The summed E-state index contributed by atoms with van der Waals surface area (Å²) in [6.07, 6.45) is 0.309. The summed E-state index contributed by atoms with van der Waals surface area (Å²) in [7, 11) is -3.18. The van der Waals surface area contributed by atoms with Gasteiger partial charge in [-0.2, -0.15) is 0 Å². The Balaban J connectivity index is 2.40. The van der Waals surface area contributed by atoms with Crippen molar-refractivity contribution in [2.45, 2.75) is 18.9 Å². The van der Waals surface area contributed by atoms with Gasteiger partial charge in [0.25, 0.3) is 5.69 Å². The Morgan fingerprint density at radius 3 is 2.62 bits per heavy atom. The Labute approximate surface area is 120 Å². The highest BCUT2D eigenvalue weighted by Crippen LogP contribution is 2.32. The second kappa shape index (κ2) is 4.99. The molecule has 1 atom stereocenters. The van der Waals surface area contributed by atoms with Crippen molar-refractivity contribution < 1.29 is 23.2 Å². The van der Waals surface area contributed by atoms with E-state index in [1.54, 1.807) is 6.92 Å². The van der Waals surface area contributed by atoms with Crippen LogP contribution in [0.15, 0.2) is 18.2 Å². The van der Waals surface area contributed by atoms with Crippen LogP contribution in [0.2, 0.25) is 0 Å². The van der Waals surface area contributed by atoms with Crippen molar-refractivity contribution >= 4 is 27.2 Å². The minimum Gasteiger partial charge on any atom is -0.478 e. The van der Waals surface area contributed by atoms with Crippen LogP contribution < -0.4 is 5.32 Å². The molecule has 1 saturated heterocycles. The standard InChI is InChI=1S/C12H14N2O6S/c1-12(4-5-21(19,20)7-12)13-9-6-8(11(15)16)2-3-10(9)14(17)18/h2-3,6,13H,4-5,7H2,1H3,(H,15,16). The van der Waals surface area contributed by atoms with Gasteiger partial charge in [-0.15, -0.1) is 0 Å². The number of aromatic carboxylic acids is 1. The molecule has 1 heterocycles. The van der Waals surface area contributed by atoms with Gasteiger partial charge in [-0.3, -0.25) is 10.1 Å². The largest absolute Gasteiger partial charge is 0.478 e. The summed E-state index contributed by atoms with van der Waals surface area (Å²) in [5.74, 6) is -1.35. The third-order valence-corrected chi connectivity index (χ3v) is 5.28. The molecule has 0 bridgehead atoms. The number of benzene rings is 1. The molecule has 1 unspecified atom stereocenters. The first-order valence-corrected chi connectivity index (χ1v) is 7.94. The van der Waals surface area contributed by atoms with Crippen LogP contribution >= 0.6 is 0 Å². The first-order chi connectivity index (χ1) is 9.62. The molecule has 0 aliphatic carbocycles. The van der Waals surface area contributed by atoms with E-state index in [4.69, 9.17) is 5.11 Å². The summed E-state index contributed by atoms with van der Waals surface area (Å²) in [5, 5.41) is 22.8. The number of nitro benzene ring substituents is 1. The molecule has 9 heteroatoms. The molecule has 1 aliphatic heterocycles. The van der Waals surface area contributed by atoms with Crippen LogP contribution in [0.1, 0.15) is 23.7 Å². The molecule has 1 aromatic carbocycles. The van der Waals surface area contributed by atoms with Gasteiger partial charge in [0.1, 0.15) is 5.69 Å². The molecule has 21 heavy (non-hydrogen) atoms. The molecule has 2 N–H and O–H groups in total. The number of carboxylic acids is 1. The minimum atomic E-state index is -3.18. The van der Waals surface area contributed by atoms with Crippen molar-refractivity contribution in [3.05, 3.63) is 33.9 Å². The van der Waals surface area contributed by atoms with Crippen molar-refractivity contribution in [3.8, 4) is 0 Å². The molecular weight excluding hydrogens is 300 g/mol. The molecule has 8 nitrogen and oxygen atoms in total. The number of anilines is 1. The lowest BCUT2D eigenvalue weighted by Gasteiger charge is -2.25. The lowest BCUT2D eigenvalue weighted by molar-refractivity contribution is -0.384. The highest BCUT2D eigenvalue weighted by Gasteiger charge is 2.39. The number of carboxylic acid groups (broad SMARTS) is 1.